The second kappa shape index (κ2) is 10.8. The number of benzene rings is 2. The number of piperazine rings is 1. The van der Waals surface area contributed by atoms with Crippen LogP contribution in [-0.4, -0.2) is 68.2 Å². The Morgan fingerprint density at radius 2 is 1.55 bits per heavy atom. The van der Waals surface area contributed by atoms with Gasteiger partial charge in [0.15, 0.2) is 0 Å². The lowest BCUT2D eigenvalue weighted by molar-refractivity contribution is -0.136. The third-order valence-electron chi connectivity index (χ3n) is 6.84. The lowest BCUT2D eigenvalue weighted by Crippen LogP contribution is -2.49. The van der Waals surface area contributed by atoms with Crippen LogP contribution in [0.5, 0.6) is 0 Å². The first kappa shape index (κ1) is 23.9. The van der Waals surface area contributed by atoms with E-state index >= 15 is 0 Å². The summed E-state index contributed by atoms with van der Waals surface area (Å²) in [4.78, 5) is 17.8. The topological polar surface area (TPSA) is 60.9 Å². The predicted molar refractivity (Wildman–Crippen MR) is 130 cm³/mol. The lowest BCUT2D eigenvalue weighted by atomic mass is 10.0. The van der Waals surface area contributed by atoms with Crippen LogP contribution >= 0.6 is 0 Å². The van der Waals surface area contributed by atoms with E-state index in [1.165, 1.54) is 5.56 Å². The summed E-state index contributed by atoms with van der Waals surface area (Å²) in [5, 5.41) is 0. The third-order valence-corrected chi connectivity index (χ3v) is 8.75. The fourth-order valence-electron chi connectivity index (χ4n) is 4.83. The molecule has 2 heterocycles. The zero-order valence-corrected chi connectivity index (χ0v) is 20.3. The van der Waals surface area contributed by atoms with E-state index in [0.29, 0.717) is 30.8 Å². The molecule has 0 N–H and O–H groups in total. The molecule has 2 saturated heterocycles. The van der Waals surface area contributed by atoms with Gasteiger partial charge in [0, 0.05) is 39.1 Å². The van der Waals surface area contributed by atoms with Crippen LogP contribution in [0.15, 0.2) is 59.5 Å². The van der Waals surface area contributed by atoms with Gasteiger partial charge in [-0.3, -0.25) is 4.79 Å². The lowest BCUT2D eigenvalue weighted by Gasteiger charge is -2.40. The molecule has 7 heteroatoms. The first-order chi connectivity index (χ1) is 15.9. The maximum Gasteiger partial charge on any atom is 0.243 e. The van der Waals surface area contributed by atoms with Gasteiger partial charge in [0.05, 0.1) is 10.9 Å². The molecule has 1 amide bonds. The molecule has 6 nitrogen and oxygen atoms in total. The van der Waals surface area contributed by atoms with Crippen LogP contribution < -0.4 is 0 Å². The SMILES string of the molecule is CN1CCN(C(=O)CCc2ccc(S(=O)(=O)N3CCCCCC3)cc2)C(c2ccccc2)C1. The molecule has 2 aromatic rings. The Morgan fingerprint density at radius 3 is 2.21 bits per heavy atom. The van der Waals surface area contributed by atoms with Crippen molar-refractivity contribution in [1.82, 2.24) is 14.1 Å². The smallest absolute Gasteiger partial charge is 0.243 e. The Morgan fingerprint density at radius 1 is 0.879 bits per heavy atom. The van der Waals surface area contributed by atoms with Gasteiger partial charge >= 0.3 is 0 Å². The molecule has 0 aliphatic carbocycles. The molecule has 2 aliphatic heterocycles. The molecule has 2 aromatic carbocycles. The summed E-state index contributed by atoms with van der Waals surface area (Å²) in [5.74, 6) is 0.151. The van der Waals surface area contributed by atoms with Crippen molar-refractivity contribution >= 4 is 15.9 Å². The standard InChI is InChI=1S/C26H35N3O3S/c1-27-19-20-29(25(21-27)23-9-5-4-6-10-23)26(30)16-13-22-11-14-24(15-12-22)33(31,32)28-17-7-2-3-8-18-28/h4-6,9-12,14-15,25H,2-3,7-8,13,16-21H2,1H3. The van der Waals surface area contributed by atoms with Crippen molar-refractivity contribution < 1.29 is 13.2 Å². The normalized spacial score (nSPS) is 21.0. The Kier molecular flexibility index (Phi) is 7.83. The summed E-state index contributed by atoms with van der Waals surface area (Å²) in [7, 11) is -1.34. The number of carbonyl (C=O) groups is 1. The van der Waals surface area contributed by atoms with E-state index in [2.05, 4.69) is 24.1 Å². The third kappa shape index (κ3) is 5.83. The highest BCUT2D eigenvalue weighted by atomic mass is 32.2. The fraction of sp³-hybridized carbons (Fsp3) is 0.500. The summed E-state index contributed by atoms with van der Waals surface area (Å²) in [6.07, 6.45) is 5.07. The molecular weight excluding hydrogens is 434 g/mol. The van der Waals surface area contributed by atoms with Crippen molar-refractivity contribution in [1.29, 1.82) is 0 Å². The molecule has 1 unspecified atom stereocenters. The minimum atomic E-state index is -3.44. The number of hydrogen-bond acceptors (Lipinski definition) is 4. The van der Waals surface area contributed by atoms with Gasteiger partial charge in [-0.15, -0.1) is 0 Å². The average Bonchev–Trinajstić information content (AvgIpc) is 3.14. The van der Waals surface area contributed by atoms with E-state index in [-0.39, 0.29) is 11.9 Å². The molecule has 178 valence electrons. The highest BCUT2D eigenvalue weighted by molar-refractivity contribution is 7.89. The van der Waals surface area contributed by atoms with Gasteiger partial charge in [-0.05, 0) is 49.6 Å². The van der Waals surface area contributed by atoms with Crippen molar-refractivity contribution in [3.05, 3.63) is 65.7 Å². The number of amides is 1. The quantitative estimate of drug-likeness (QED) is 0.647. The zero-order chi connectivity index (χ0) is 23.3. The molecule has 33 heavy (non-hydrogen) atoms. The van der Waals surface area contributed by atoms with Gasteiger partial charge in [-0.25, -0.2) is 8.42 Å². The Bertz CT molecular complexity index is 1020. The van der Waals surface area contributed by atoms with Crippen LogP contribution in [0.3, 0.4) is 0 Å². The molecule has 0 saturated carbocycles. The maximum absolute atomic E-state index is 13.1. The van der Waals surface area contributed by atoms with Gasteiger partial charge < -0.3 is 9.80 Å². The van der Waals surface area contributed by atoms with Crippen molar-refractivity contribution in [3.63, 3.8) is 0 Å². The van der Waals surface area contributed by atoms with E-state index in [4.69, 9.17) is 0 Å². The van der Waals surface area contributed by atoms with E-state index in [9.17, 15) is 13.2 Å². The Balaban J connectivity index is 1.39. The monoisotopic (exact) mass is 469 g/mol. The molecule has 0 radical (unpaired) electrons. The van der Waals surface area contributed by atoms with Crippen molar-refractivity contribution in [3.8, 4) is 0 Å². The van der Waals surface area contributed by atoms with Crippen molar-refractivity contribution in [2.45, 2.75) is 49.5 Å². The molecule has 0 spiro atoms. The summed E-state index contributed by atoms with van der Waals surface area (Å²) in [6.45, 7) is 3.64. The fourth-order valence-corrected chi connectivity index (χ4v) is 6.35. The highest BCUT2D eigenvalue weighted by Crippen LogP contribution is 2.26. The van der Waals surface area contributed by atoms with Gasteiger partial charge in [0.25, 0.3) is 0 Å². The number of rotatable bonds is 6. The molecule has 0 aromatic heterocycles. The Hall–Kier alpha value is -2.22. The highest BCUT2D eigenvalue weighted by Gasteiger charge is 2.30. The summed E-state index contributed by atoms with van der Waals surface area (Å²) in [5.41, 5.74) is 2.16. The summed E-state index contributed by atoms with van der Waals surface area (Å²) < 4.78 is 27.6. The van der Waals surface area contributed by atoms with E-state index < -0.39 is 10.0 Å². The maximum atomic E-state index is 13.1. The van der Waals surface area contributed by atoms with Gasteiger partial charge in [-0.2, -0.15) is 4.31 Å². The predicted octanol–water partition coefficient (Wildman–Crippen LogP) is 3.70. The van der Waals surface area contributed by atoms with Gasteiger partial charge in [0.1, 0.15) is 0 Å². The number of sulfonamides is 1. The van der Waals surface area contributed by atoms with Crippen LogP contribution in [0.1, 0.15) is 49.3 Å². The average molecular weight is 470 g/mol. The second-order valence-electron chi connectivity index (χ2n) is 9.24. The first-order valence-electron chi connectivity index (χ1n) is 12.1. The minimum absolute atomic E-state index is 0.0681. The second-order valence-corrected chi connectivity index (χ2v) is 11.2. The molecular formula is C26H35N3O3S. The molecule has 1 atom stereocenters. The van der Waals surface area contributed by atoms with Gasteiger partial charge in [0.2, 0.25) is 15.9 Å². The van der Waals surface area contributed by atoms with Gasteiger partial charge in [-0.1, -0.05) is 55.3 Å². The summed E-state index contributed by atoms with van der Waals surface area (Å²) in [6, 6.07) is 17.4. The molecule has 2 fully saturated rings. The number of likely N-dealkylation sites (N-methyl/N-ethyl adjacent to an activating group) is 1. The van der Waals surface area contributed by atoms with Crippen LogP contribution in [0.25, 0.3) is 0 Å². The number of carbonyl (C=O) groups excluding carboxylic acids is 1. The van der Waals surface area contributed by atoms with E-state index in [1.54, 1.807) is 16.4 Å². The van der Waals surface area contributed by atoms with E-state index in [1.807, 2.05) is 35.2 Å². The minimum Gasteiger partial charge on any atom is -0.333 e. The first-order valence-corrected chi connectivity index (χ1v) is 13.5. The zero-order valence-electron chi connectivity index (χ0n) is 19.5. The number of hydrogen-bond donors (Lipinski definition) is 0. The van der Waals surface area contributed by atoms with Crippen molar-refractivity contribution in [2.75, 3.05) is 39.8 Å². The number of nitrogens with zero attached hydrogens (tertiary/aromatic N) is 3. The van der Waals surface area contributed by atoms with Crippen LogP contribution in [0, 0.1) is 0 Å². The van der Waals surface area contributed by atoms with E-state index in [0.717, 1.165) is 50.9 Å². The Labute approximate surface area is 198 Å². The largest absolute Gasteiger partial charge is 0.333 e. The molecule has 4 rings (SSSR count). The van der Waals surface area contributed by atoms with Crippen LogP contribution in [0.4, 0.5) is 0 Å². The summed E-state index contributed by atoms with van der Waals surface area (Å²) >= 11 is 0. The number of aryl methyl sites for hydroxylation is 1. The van der Waals surface area contributed by atoms with Crippen LogP contribution in [-0.2, 0) is 21.2 Å². The van der Waals surface area contributed by atoms with Crippen LogP contribution in [0.2, 0.25) is 0 Å². The molecule has 2 aliphatic rings. The van der Waals surface area contributed by atoms with Crippen molar-refractivity contribution in [2.24, 2.45) is 0 Å². The molecule has 0 bridgehead atoms.